The standard InChI is InChI=1S/C21H24N4O3/c26-16-11-14(12-16)18(13-15-5-3-4-9-22-15)23-20(27)8-10-25-19-7-2-1-6-17(19)24-21(25)28/h1-7,9,14,16,18,26H,8,10-13H2,(H,23,27)(H,24,28)/t14?,16?,18-/m1/s1. The third-order valence-corrected chi connectivity index (χ3v) is 5.46. The lowest BCUT2D eigenvalue weighted by atomic mass is 9.76. The lowest BCUT2D eigenvalue weighted by Crippen LogP contribution is -2.48. The number of hydrogen-bond donors (Lipinski definition) is 3. The largest absolute Gasteiger partial charge is 0.393 e. The molecular formula is C21H24N4O3. The Labute approximate surface area is 162 Å². The Kier molecular flexibility index (Phi) is 5.25. The number of pyridine rings is 1. The fourth-order valence-electron chi connectivity index (χ4n) is 3.86. The summed E-state index contributed by atoms with van der Waals surface area (Å²) in [5.41, 5.74) is 2.28. The molecule has 28 heavy (non-hydrogen) atoms. The number of aromatic nitrogens is 3. The second-order valence-corrected chi connectivity index (χ2v) is 7.43. The average Bonchev–Trinajstić information content (AvgIpc) is 2.99. The highest BCUT2D eigenvalue weighted by molar-refractivity contribution is 5.77. The van der Waals surface area contributed by atoms with Crippen molar-refractivity contribution in [2.45, 2.75) is 44.4 Å². The van der Waals surface area contributed by atoms with Gasteiger partial charge >= 0.3 is 5.69 Å². The van der Waals surface area contributed by atoms with E-state index in [0.29, 0.717) is 25.8 Å². The number of nitrogens with zero attached hydrogens (tertiary/aromatic N) is 2. The lowest BCUT2D eigenvalue weighted by Gasteiger charge is -2.38. The van der Waals surface area contributed by atoms with Crippen LogP contribution in [0.1, 0.15) is 25.0 Å². The molecule has 7 heteroatoms. The molecule has 7 nitrogen and oxygen atoms in total. The van der Waals surface area contributed by atoms with Crippen molar-refractivity contribution in [3.8, 4) is 0 Å². The highest BCUT2D eigenvalue weighted by Gasteiger charge is 2.34. The van der Waals surface area contributed by atoms with Gasteiger partial charge < -0.3 is 15.4 Å². The van der Waals surface area contributed by atoms with E-state index in [2.05, 4.69) is 15.3 Å². The van der Waals surface area contributed by atoms with Crippen LogP contribution < -0.4 is 11.0 Å². The van der Waals surface area contributed by atoms with Crippen molar-refractivity contribution in [3.63, 3.8) is 0 Å². The molecule has 4 rings (SSSR count). The van der Waals surface area contributed by atoms with Crippen LogP contribution in [-0.4, -0.2) is 37.7 Å². The molecule has 1 saturated carbocycles. The zero-order valence-corrected chi connectivity index (χ0v) is 15.5. The van der Waals surface area contributed by atoms with Crippen LogP contribution in [0.15, 0.2) is 53.5 Å². The SMILES string of the molecule is O=C(CCn1c(=O)[nH]c2ccccc21)N[C@H](Cc1ccccn1)C1CC(O)C1. The van der Waals surface area contributed by atoms with Gasteiger partial charge in [0.05, 0.1) is 17.1 Å². The van der Waals surface area contributed by atoms with Gasteiger partial charge in [0, 0.05) is 37.3 Å². The number of imidazole rings is 1. The van der Waals surface area contributed by atoms with Crippen LogP contribution in [0, 0.1) is 5.92 Å². The van der Waals surface area contributed by atoms with E-state index in [-0.39, 0.29) is 36.1 Å². The van der Waals surface area contributed by atoms with Crippen molar-refractivity contribution in [3.05, 3.63) is 64.8 Å². The van der Waals surface area contributed by atoms with E-state index in [9.17, 15) is 14.7 Å². The van der Waals surface area contributed by atoms with Crippen LogP contribution in [0.5, 0.6) is 0 Å². The normalized spacial score (nSPS) is 19.9. The summed E-state index contributed by atoms with van der Waals surface area (Å²) in [5.74, 6) is 0.149. The Balaban J connectivity index is 1.41. The maximum Gasteiger partial charge on any atom is 0.326 e. The maximum atomic E-state index is 12.6. The summed E-state index contributed by atoms with van der Waals surface area (Å²) >= 11 is 0. The number of carbonyl (C=O) groups is 1. The Hall–Kier alpha value is -2.93. The summed E-state index contributed by atoms with van der Waals surface area (Å²) in [6.45, 7) is 0.318. The van der Waals surface area contributed by atoms with E-state index in [1.165, 1.54) is 0 Å². The third-order valence-electron chi connectivity index (χ3n) is 5.46. The number of rotatable bonds is 7. The molecule has 146 valence electrons. The highest BCUT2D eigenvalue weighted by atomic mass is 16.3. The maximum absolute atomic E-state index is 12.6. The van der Waals surface area contributed by atoms with Crippen LogP contribution in [0.4, 0.5) is 0 Å². The predicted octanol–water partition coefficient (Wildman–Crippen LogP) is 1.61. The minimum absolute atomic E-state index is 0.0644. The monoisotopic (exact) mass is 380 g/mol. The number of amides is 1. The van der Waals surface area contributed by atoms with Crippen LogP contribution >= 0.6 is 0 Å². The van der Waals surface area contributed by atoms with Gasteiger partial charge in [0.15, 0.2) is 0 Å². The number of hydrogen-bond acceptors (Lipinski definition) is 4. The molecule has 3 aromatic rings. The number of aliphatic hydroxyl groups excluding tert-OH is 1. The summed E-state index contributed by atoms with van der Waals surface area (Å²) in [6, 6.07) is 13.1. The number of aryl methyl sites for hydroxylation is 1. The summed E-state index contributed by atoms with van der Waals surface area (Å²) < 4.78 is 1.59. The van der Waals surface area contributed by atoms with Crippen LogP contribution in [0.25, 0.3) is 11.0 Å². The van der Waals surface area contributed by atoms with Crippen molar-refractivity contribution in [1.29, 1.82) is 0 Å². The molecule has 1 aliphatic carbocycles. The topological polar surface area (TPSA) is 100 Å². The van der Waals surface area contributed by atoms with Crippen LogP contribution in [0.3, 0.4) is 0 Å². The quantitative estimate of drug-likeness (QED) is 0.580. The molecule has 1 atom stereocenters. The molecule has 1 aliphatic rings. The molecule has 1 fully saturated rings. The number of H-pyrrole nitrogens is 1. The van der Waals surface area contributed by atoms with E-state index >= 15 is 0 Å². The van der Waals surface area contributed by atoms with Gasteiger partial charge in [-0.05, 0) is 43.0 Å². The van der Waals surface area contributed by atoms with Crippen molar-refractivity contribution in [1.82, 2.24) is 19.9 Å². The van der Waals surface area contributed by atoms with Crippen molar-refractivity contribution in [2.24, 2.45) is 5.92 Å². The summed E-state index contributed by atoms with van der Waals surface area (Å²) in [5, 5.41) is 12.8. The third kappa shape index (κ3) is 3.99. The van der Waals surface area contributed by atoms with Crippen LogP contribution in [0.2, 0.25) is 0 Å². The Bertz CT molecular complexity index is 1010. The molecule has 0 saturated heterocycles. The number of fused-ring (bicyclic) bond motifs is 1. The molecule has 0 unspecified atom stereocenters. The van der Waals surface area contributed by atoms with E-state index < -0.39 is 0 Å². The number of para-hydroxylation sites is 2. The Morgan fingerprint density at radius 1 is 1.25 bits per heavy atom. The lowest BCUT2D eigenvalue weighted by molar-refractivity contribution is -0.123. The first-order chi connectivity index (χ1) is 13.6. The van der Waals surface area contributed by atoms with Gasteiger partial charge in [0.1, 0.15) is 0 Å². The second kappa shape index (κ2) is 7.98. The van der Waals surface area contributed by atoms with E-state index in [0.717, 1.165) is 16.7 Å². The van der Waals surface area contributed by atoms with Crippen molar-refractivity contribution >= 4 is 16.9 Å². The minimum Gasteiger partial charge on any atom is -0.393 e. The summed E-state index contributed by atoms with van der Waals surface area (Å²) in [6.07, 6.45) is 3.71. The van der Waals surface area contributed by atoms with Crippen LogP contribution in [-0.2, 0) is 17.8 Å². The molecule has 0 spiro atoms. The minimum atomic E-state index is -0.280. The van der Waals surface area contributed by atoms with E-state index in [1.54, 1.807) is 10.8 Å². The molecular weight excluding hydrogens is 356 g/mol. The van der Waals surface area contributed by atoms with Gasteiger partial charge in [-0.3, -0.25) is 14.3 Å². The van der Waals surface area contributed by atoms with E-state index in [1.807, 2.05) is 42.5 Å². The molecule has 0 aliphatic heterocycles. The fraction of sp³-hybridized carbons (Fsp3) is 0.381. The first kappa shape index (κ1) is 18.4. The van der Waals surface area contributed by atoms with Gasteiger partial charge in [-0.15, -0.1) is 0 Å². The van der Waals surface area contributed by atoms with Gasteiger partial charge in [0.2, 0.25) is 5.91 Å². The summed E-state index contributed by atoms with van der Waals surface area (Å²) in [7, 11) is 0. The second-order valence-electron chi connectivity index (χ2n) is 7.43. The molecule has 1 amide bonds. The zero-order valence-electron chi connectivity index (χ0n) is 15.5. The smallest absolute Gasteiger partial charge is 0.326 e. The molecule has 3 N–H and O–H groups in total. The number of carbonyl (C=O) groups excluding carboxylic acids is 1. The molecule has 2 heterocycles. The van der Waals surface area contributed by atoms with Crippen molar-refractivity contribution < 1.29 is 9.90 Å². The zero-order chi connectivity index (χ0) is 19.5. The highest BCUT2D eigenvalue weighted by Crippen LogP contribution is 2.31. The van der Waals surface area contributed by atoms with Gasteiger partial charge in [-0.1, -0.05) is 18.2 Å². The fourth-order valence-corrected chi connectivity index (χ4v) is 3.86. The van der Waals surface area contributed by atoms with Crippen molar-refractivity contribution in [2.75, 3.05) is 0 Å². The Morgan fingerprint density at radius 3 is 2.79 bits per heavy atom. The van der Waals surface area contributed by atoms with Gasteiger partial charge in [-0.2, -0.15) is 0 Å². The molecule has 1 aromatic carbocycles. The molecule has 0 bridgehead atoms. The number of aromatic amines is 1. The van der Waals surface area contributed by atoms with Gasteiger partial charge in [0.25, 0.3) is 0 Å². The average molecular weight is 380 g/mol. The first-order valence-electron chi connectivity index (χ1n) is 9.65. The first-order valence-corrected chi connectivity index (χ1v) is 9.65. The van der Waals surface area contributed by atoms with E-state index in [4.69, 9.17) is 0 Å². The number of nitrogens with one attached hydrogen (secondary N) is 2. The molecule has 0 radical (unpaired) electrons. The predicted molar refractivity (Wildman–Crippen MR) is 106 cm³/mol. The number of aliphatic hydroxyl groups is 1. The Morgan fingerprint density at radius 2 is 2.04 bits per heavy atom. The summed E-state index contributed by atoms with van der Waals surface area (Å²) in [4.78, 5) is 31.9. The number of benzene rings is 1. The molecule has 2 aromatic heterocycles. The van der Waals surface area contributed by atoms with Gasteiger partial charge in [-0.25, -0.2) is 4.79 Å².